The average molecular weight is 396 g/mol. The molecule has 0 aliphatic heterocycles. The molecule has 2 aromatic heterocycles. The molecule has 1 N–H and O–H groups in total. The van der Waals surface area contributed by atoms with E-state index in [1.165, 1.54) is 11.3 Å². The number of halogens is 1. The number of aromatic nitrogens is 1. The quantitative estimate of drug-likeness (QED) is 0.428. The van der Waals surface area contributed by atoms with Gasteiger partial charge in [-0.25, -0.2) is 0 Å². The van der Waals surface area contributed by atoms with Crippen LogP contribution in [0.2, 0.25) is 5.02 Å². The Labute approximate surface area is 164 Å². The first kappa shape index (κ1) is 17.5. The fraction of sp³-hybridized carbons (Fsp3) is 0.0500. The number of para-hydroxylation sites is 1. The van der Waals surface area contributed by atoms with E-state index in [-0.39, 0.29) is 11.6 Å². The fourth-order valence-corrected chi connectivity index (χ4v) is 3.67. The summed E-state index contributed by atoms with van der Waals surface area (Å²) in [6.45, 7) is 0.375. The van der Waals surface area contributed by atoms with E-state index >= 15 is 0 Å². The summed E-state index contributed by atoms with van der Waals surface area (Å²) >= 11 is 7.56. The van der Waals surface area contributed by atoms with Crippen molar-refractivity contribution in [1.29, 1.82) is 0 Å². The summed E-state index contributed by atoms with van der Waals surface area (Å²) in [6.07, 6.45) is 0. The predicted molar refractivity (Wildman–Crippen MR) is 107 cm³/mol. The second kappa shape index (κ2) is 7.34. The van der Waals surface area contributed by atoms with E-state index in [1.54, 1.807) is 28.1 Å². The SMILES string of the molecule is O=C(N=Nc1c(O)n(Cc2ccccc2Cl)c2ccccc12)c1cccs1. The van der Waals surface area contributed by atoms with Crippen LogP contribution < -0.4 is 0 Å². The van der Waals surface area contributed by atoms with E-state index in [1.807, 2.05) is 42.5 Å². The molecule has 0 unspecified atom stereocenters. The maximum absolute atomic E-state index is 12.1. The Morgan fingerprint density at radius 1 is 1.07 bits per heavy atom. The van der Waals surface area contributed by atoms with Crippen LogP contribution in [-0.4, -0.2) is 15.6 Å². The van der Waals surface area contributed by atoms with Crippen molar-refractivity contribution in [3.8, 4) is 5.88 Å². The lowest BCUT2D eigenvalue weighted by Crippen LogP contribution is -1.99. The zero-order valence-electron chi connectivity index (χ0n) is 14.0. The molecular formula is C20H14ClN3O2S. The monoisotopic (exact) mass is 395 g/mol. The lowest BCUT2D eigenvalue weighted by molar-refractivity contribution is 0.0999. The van der Waals surface area contributed by atoms with Crippen molar-refractivity contribution in [2.24, 2.45) is 10.2 Å². The molecule has 4 rings (SSSR count). The number of nitrogens with zero attached hydrogens (tertiary/aromatic N) is 3. The van der Waals surface area contributed by atoms with Gasteiger partial charge in [-0.3, -0.25) is 4.79 Å². The first-order valence-corrected chi connectivity index (χ1v) is 9.44. The van der Waals surface area contributed by atoms with Gasteiger partial charge in [0.1, 0.15) is 0 Å². The summed E-state index contributed by atoms with van der Waals surface area (Å²) < 4.78 is 1.71. The van der Waals surface area contributed by atoms with Crippen molar-refractivity contribution in [2.75, 3.05) is 0 Å². The predicted octanol–water partition coefficient (Wildman–Crippen LogP) is 6.03. The lowest BCUT2D eigenvalue weighted by atomic mass is 10.2. The molecule has 0 bridgehead atoms. The molecule has 1 amide bonds. The largest absolute Gasteiger partial charge is 0.493 e. The third-order valence-corrected chi connectivity index (χ3v) is 5.40. The zero-order chi connectivity index (χ0) is 18.8. The Bertz CT molecular complexity index is 1150. The topological polar surface area (TPSA) is 66.9 Å². The molecule has 7 heteroatoms. The number of azo groups is 1. The second-order valence-corrected chi connectivity index (χ2v) is 7.20. The number of carbonyl (C=O) groups excluding carboxylic acids is 1. The first-order chi connectivity index (χ1) is 13.1. The summed E-state index contributed by atoms with van der Waals surface area (Å²) in [7, 11) is 0. The van der Waals surface area contributed by atoms with Gasteiger partial charge in [0.05, 0.1) is 16.9 Å². The maximum Gasteiger partial charge on any atom is 0.305 e. The van der Waals surface area contributed by atoms with E-state index in [0.717, 1.165) is 11.1 Å². The summed E-state index contributed by atoms with van der Waals surface area (Å²) in [5, 5.41) is 21.7. The van der Waals surface area contributed by atoms with Gasteiger partial charge in [-0.2, -0.15) is 0 Å². The molecule has 0 atom stereocenters. The van der Waals surface area contributed by atoms with E-state index in [2.05, 4.69) is 10.2 Å². The van der Waals surface area contributed by atoms with Crippen molar-refractivity contribution in [2.45, 2.75) is 6.54 Å². The molecule has 4 aromatic rings. The molecular weight excluding hydrogens is 382 g/mol. The van der Waals surface area contributed by atoms with Crippen LogP contribution in [0.3, 0.4) is 0 Å². The van der Waals surface area contributed by atoms with Crippen LogP contribution in [0.1, 0.15) is 15.2 Å². The molecule has 0 radical (unpaired) electrons. The average Bonchev–Trinajstić information content (AvgIpc) is 3.30. The van der Waals surface area contributed by atoms with Crippen molar-refractivity contribution in [1.82, 2.24) is 4.57 Å². The molecule has 2 heterocycles. The van der Waals surface area contributed by atoms with Gasteiger partial charge in [0.25, 0.3) is 0 Å². The number of amides is 1. The summed E-state index contributed by atoms with van der Waals surface area (Å²) in [6, 6.07) is 18.4. The number of benzene rings is 2. The van der Waals surface area contributed by atoms with Gasteiger partial charge >= 0.3 is 5.91 Å². The Balaban J connectivity index is 1.77. The van der Waals surface area contributed by atoms with Gasteiger partial charge < -0.3 is 9.67 Å². The number of aromatic hydroxyl groups is 1. The summed E-state index contributed by atoms with van der Waals surface area (Å²) in [5.74, 6) is -0.494. The molecule has 134 valence electrons. The second-order valence-electron chi connectivity index (χ2n) is 5.85. The van der Waals surface area contributed by atoms with Crippen LogP contribution in [0.4, 0.5) is 5.69 Å². The fourth-order valence-electron chi connectivity index (χ4n) is 2.87. The molecule has 2 aromatic carbocycles. The van der Waals surface area contributed by atoms with Gasteiger partial charge in [0.15, 0.2) is 5.69 Å². The minimum absolute atomic E-state index is 0.0566. The normalized spacial score (nSPS) is 11.4. The van der Waals surface area contributed by atoms with Crippen LogP contribution in [-0.2, 0) is 6.54 Å². The highest BCUT2D eigenvalue weighted by Gasteiger charge is 2.18. The highest BCUT2D eigenvalue weighted by atomic mass is 35.5. The molecule has 5 nitrogen and oxygen atoms in total. The van der Waals surface area contributed by atoms with Gasteiger partial charge in [0, 0.05) is 10.4 Å². The molecule has 0 aliphatic rings. The van der Waals surface area contributed by atoms with Crippen LogP contribution >= 0.6 is 22.9 Å². The van der Waals surface area contributed by atoms with Crippen LogP contribution in [0.25, 0.3) is 10.9 Å². The third-order valence-electron chi connectivity index (χ3n) is 4.18. The van der Waals surface area contributed by atoms with Crippen molar-refractivity contribution in [3.63, 3.8) is 0 Å². The van der Waals surface area contributed by atoms with E-state index in [9.17, 15) is 9.90 Å². The van der Waals surface area contributed by atoms with Gasteiger partial charge in [-0.15, -0.1) is 21.6 Å². The minimum Gasteiger partial charge on any atom is -0.493 e. The van der Waals surface area contributed by atoms with Crippen LogP contribution in [0.15, 0.2) is 76.3 Å². The molecule has 0 aliphatic carbocycles. The number of fused-ring (bicyclic) bond motifs is 1. The van der Waals surface area contributed by atoms with Crippen LogP contribution in [0.5, 0.6) is 5.88 Å². The van der Waals surface area contributed by atoms with Gasteiger partial charge in [0.2, 0.25) is 5.88 Å². The standard InChI is InChI=1S/C20H14ClN3O2S/c21-15-8-3-1-6-13(15)12-24-16-9-4-2-7-14(16)18(20(24)26)22-23-19(25)17-10-5-11-27-17/h1-11,26H,12H2. The van der Waals surface area contributed by atoms with E-state index < -0.39 is 5.91 Å². The molecule has 0 fully saturated rings. The molecule has 0 saturated carbocycles. The van der Waals surface area contributed by atoms with E-state index in [0.29, 0.717) is 21.8 Å². The highest BCUT2D eigenvalue weighted by molar-refractivity contribution is 7.12. The number of carbonyl (C=O) groups is 1. The number of hydrogen-bond acceptors (Lipinski definition) is 4. The molecule has 27 heavy (non-hydrogen) atoms. The Morgan fingerprint density at radius 3 is 2.63 bits per heavy atom. The minimum atomic E-state index is -0.438. The summed E-state index contributed by atoms with van der Waals surface area (Å²) in [4.78, 5) is 12.6. The number of hydrogen-bond donors (Lipinski definition) is 1. The zero-order valence-corrected chi connectivity index (χ0v) is 15.6. The van der Waals surface area contributed by atoms with Crippen molar-refractivity contribution >= 4 is 45.4 Å². The lowest BCUT2D eigenvalue weighted by Gasteiger charge is -2.08. The van der Waals surface area contributed by atoms with Gasteiger partial charge in [-0.05, 0) is 29.1 Å². The third kappa shape index (κ3) is 3.37. The molecule has 0 spiro atoms. The van der Waals surface area contributed by atoms with Crippen LogP contribution in [0, 0.1) is 0 Å². The van der Waals surface area contributed by atoms with Crippen molar-refractivity contribution < 1.29 is 9.90 Å². The number of rotatable bonds is 4. The number of thiophene rings is 1. The Kier molecular flexibility index (Phi) is 4.75. The maximum atomic E-state index is 12.1. The van der Waals surface area contributed by atoms with Crippen molar-refractivity contribution in [3.05, 3.63) is 81.5 Å². The smallest absolute Gasteiger partial charge is 0.305 e. The van der Waals surface area contributed by atoms with Gasteiger partial charge in [-0.1, -0.05) is 54.1 Å². The van der Waals surface area contributed by atoms with E-state index in [4.69, 9.17) is 11.6 Å². The molecule has 0 saturated heterocycles. The Morgan fingerprint density at radius 2 is 1.85 bits per heavy atom. The highest BCUT2D eigenvalue weighted by Crippen LogP contribution is 2.39. The summed E-state index contributed by atoms with van der Waals surface area (Å²) in [5.41, 5.74) is 1.92. The Hall–Kier alpha value is -2.96. The first-order valence-electron chi connectivity index (χ1n) is 8.18.